The fourth-order valence-electron chi connectivity index (χ4n) is 3.68. The first kappa shape index (κ1) is 18.6. The van der Waals surface area contributed by atoms with Crippen molar-refractivity contribution in [3.8, 4) is 0 Å². The van der Waals surface area contributed by atoms with E-state index in [4.69, 9.17) is 4.74 Å². The molecule has 0 radical (unpaired) electrons. The summed E-state index contributed by atoms with van der Waals surface area (Å²) < 4.78 is 9.18. The van der Waals surface area contributed by atoms with Crippen LogP contribution in [-0.4, -0.2) is 62.8 Å². The van der Waals surface area contributed by atoms with E-state index < -0.39 is 0 Å². The zero-order chi connectivity index (χ0) is 18.7. The predicted octanol–water partition coefficient (Wildman–Crippen LogP) is 0.928. The van der Waals surface area contributed by atoms with E-state index in [1.165, 1.54) is 12.8 Å². The van der Waals surface area contributed by atoms with E-state index in [-0.39, 0.29) is 24.5 Å². The Morgan fingerprint density at radius 1 is 1.42 bits per heavy atom. The topological polar surface area (TPSA) is 77.2 Å². The summed E-state index contributed by atoms with van der Waals surface area (Å²) in [6, 6.07) is 0.381. The van der Waals surface area contributed by atoms with E-state index in [2.05, 4.69) is 38.6 Å². The minimum Gasteiger partial charge on any atom is -0.375 e. The molecule has 3 heterocycles. The first-order valence-corrected chi connectivity index (χ1v) is 8.98. The molecule has 2 atom stereocenters. The first-order valence-electron chi connectivity index (χ1n) is 8.98. The number of amides is 1. The number of aryl methyl sites for hydroxylation is 1. The van der Waals surface area contributed by atoms with Crippen LogP contribution in [-0.2, 0) is 23.1 Å². The molecule has 1 amide bonds. The Morgan fingerprint density at radius 2 is 2.23 bits per heavy atom. The van der Waals surface area contributed by atoms with Crippen LogP contribution in [0.2, 0.25) is 0 Å². The smallest absolute Gasteiger partial charge is 0.246 e. The quantitative estimate of drug-likeness (QED) is 0.795. The second-order valence-electron chi connectivity index (χ2n) is 7.19. The average molecular weight is 360 g/mol. The highest BCUT2D eigenvalue weighted by Gasteiger charge is 2.37. The van der Waals surface area contributed by atoms with Crippen molar-refractivity contribution in [2.24, 2.45) is 7.05 Å². The molecule has 1 saturated heterocycles. The maximum atomic E-state index is 12.1. The molecule has 0 aliphatic carbocycles. The van der Waals surface area contributed by atoms with Crippen LogP contribution in [0.1, 0.15) is 37.3 Å². The molecule has 0 saturated carbocycles. The van der Waals surface area contributed by atoms with Crippen molar-refractivity contribution in [2.75, 3.05) is 26.8 Å². The van der Waals surface area contributed by atoms with Gasteiger partial charge in [-0.25, -0.2) is 9.97 Å². The number of rotatable bonds is 7. The Balaban J connectivity index is 1.76. The lowest BCUT2D eigenvalue weighted by Gasteiger charge is -2.19. The van der Waals surface area contributed by atoms with Gasteiger partial charge in [-0.1, -0.05) is 0 Å². The number of hydrogen-bond donors (Lipinski definition) is 1. The molecule has 0 spiro atoms. The number of nitrogens with one attached hydrogen (secondary N) is 1. The van der Waals surface area contributed by atoms with Crippen molar-refractivity contribution in [2.45, 2.75) is 38.4 Å². The fraction of sp³-hybridized carbons (Fsp3) is 0.611. The number of hydrogen-bond acceptors (Lipinski definition) is 5. The van der Waals surface area contributed by atoms with Crippen LogP contribution < -0.4 is 5.32 Å². The van der Waals surface area contributed by atoms with E-state index in [1.807, 2.05) is 30.3 Å². The second-order valence-corrected chi connectivity index (χ2v) is 7.19. The van der Waals surface area contributed by atoms with Gasteiger partial charge in [0, 0.05) is 58.4 Å². The van der Waals surface area contributed by atoms with Crippen LogP contribution in [0.15, 0.2) is 24.9 Å². The van der Waals surface area contributed by atoms with Crippen molar-refractivity contribution < 1.29 is 9.53 Å². The molecule has 1 fully saturated rings. The fourth-order valence-corrected chi connectivity index (χ4v) is 3.68. The lowest BCUT2D eigenvalue weighted by atomic mass is 10.0. The summed E-state index contributed by atoms with van der Waals surface area (Å²) >= 11 is 0. The molecule has 1 aliphatic heterocycles. The summed E-state index contributed by atoms with van der Waals surface area (Å²) in [7, 11) is 3.52. The zero-order valence-electron chi connectivity index (χ0n) is 15.9. The molecule has 8 nitrogen and oxygen atoms in total. The summed E-state index contributed by atoms with van der Waals surface area (Å²) in [4.78, 5) is 23.2. The molecule has 1 aliphatic rings. The van der Waals surface area contributed by atoms with E-state index in [0.717, 1.165) is 25.5 Å². The van der Waals surface area contributed by atoms with Gasteiger partial charge in [-0.2, -0.15) is 0 Å². The number of nitrogens with zero attached hydrogens (tertiary/aromatic N) is 5. The van der Waals surface area contributed by atoms with Gasteiger partial charge in [0.05, 0.1) is 24.0 Å². The van der Waals surface area contributed by atoms with Crippen LogP contribution in [0.5, 0.6) is 0 Å². The number of aromatic nitrogens is 4. The number of methoxy groups -OCH3 is 1. The van der Waals surface area contributed by atoms with E-state index in [9.17, 15) is 4.79 Å². The van der Waals surface area contributed by atoms with Crippen molar-refractivity contribution in [3.63, 3.8) is 0 Å². The summed E-state index contributed by atoms with van der Waals surface area (Å²) in [5.41, 5.74) is 1.18. The van der Waals surface area contributed by atoms with Gasteiger partial charge in [-0.15, -0.1) is 0 Å². The number of carbonyl (C=O) groups is 1. The zero-order valence-corrected chi connectivity index (χ0v) is 15.9. The molecule has 3 rings (SSSR count). The van der Waals surface area contributed by atoms with E-state index >= 15 is 0 Å². The van der Waals surface area contributed by atoms with Gasteiger partial charge in [-0.05, 0) is 13.8 Å². The molecule has 0 bridgehead atoms. The van der Waals surface area contributed by atoms with Crippen molar-refractivity contribution in [3.05, 3.63) is 36.4 Å². The van der Waals surface area contributed by atoms with Crippen LogP contribution >= 0.6 is 0 Å². The highest BCUT2D eigenvalue weighted by atomic mass is 16.5. The number of carbonyl (C=O) groups excluding carboxylic acids is 1. The SMILES string of the molecule is COCC(=O)N[C@@H]1CN(Cc2cncn2C(C)C)C[C@H]1c1nccn1C. The highest BCUT2D eigenvalue weighted by Crippen LogP contribution is 2.28. The molecule has 26 heavy (non-hydrogen) atoms. The molecule has 0 unspecified atom stereocenters. The third-order valence-electron chi connectivity index (χ3n) is 4.90. The van der Waals surface area contributed by atoms with Crippen molar-refractivity contribution in [1.29, 1.82) is 0 Å². The Kier molecular flexibility index (Phi) is 5.73. The molecular formula is C18H28N6O2. The largest absolute Gasteiger partial charge is 0.375 e. The monoisotopic (exact) mass is 360 g/mol. The van der Waals surface area contributed by atoms with Gasteiger partial charge in [-0.3, -0.25) is 9.69 Å². The molecule has 2 aromatic rings. The van der Waals surface area contributed by atoms with Gasteiger partial charge in [0.25, 0.3) is 0 Å². The Morgan fingerprint density at radius 3 is 2.88 bits per heavy atom. The van der Waals surface area contributed by atoms with Gasteiger partial charge in [0.1, 0.15) is 12.4 Å². The average Bonchev–Trinajstić information content (AvgIpc) is 3.28. The third kappa shape index (κ3) is 3.96. The van der Waals surface area contributed by atoms with E-state index in [0.29, 0.717) is 6.04 Å². The number of imidazole rings is 2. The minimum atomic E-state index is -0.0919. The molecular weight excluding hydrogens is 332 g/mol. The van der Waals surface area contributed by atoms with Crippen LogP contribution in [0, 0.1) is 0 Å². The van der Waals surface area contributed by atoms with Crippen molar-refractivity contribution in [1.82, 2.24) is 29.3 Å². The Labute approximate surface area is 154 Å². The summed E-state index contributed by atoms with van der Waals surface area (Å²) in [6.07, 6.45) is 7.55. The normalized spacial score (nSPS) is 20.8. The van der Waals surface area contributed by atoms with Gasteiger partial charge >= 0.3 is 0 Å². The summed E-state index contributed by atoms with van der Waals surface area (Å²) in [5.74, 6) is 1.05. The van der Waals surface area contributed by atoms with Gasteiger partial charge in [0.2, 0.25) is 5.91 Å². The second kappa shape index (κ2) is 8.01. The van der Waals surface area contributed by atoms with Crippen LogP contribution in [0.25, 0.3) is 0 Å². The lowest BCUT2D eigenvalue weighted by Crippen LogP contribution is -2.42. The first-order chi connectivity index (χ1) is 12.5. The van der Waals surface area contributed by atoms with Crippen LogP contribution in [0.4, 0.5) is 0 Å². The highest BCUT2D eigenvalue weighted by molar-refractivity contribution is 5.77. The lowest BCUT2D eigenvalue weighted by molar-refractivity contribution is -0.125. The Hall–Kier alpha value is -2.19. The molecule has 142 valence electrons. The third-order valence-corrected chi connectivity index (χ3v) is 4.90. The maximum Gasteiger partial charge on any atom is 0.246 e. The van der Waals surface area contributed by atoms with Crippen LogP contribution in [0.3, 0.4) is 0 Å². The Bertz CT molecular complexity index is 738. The maximum absolute atomic E-state index is 12.1. The van der Waals surface area contributed by atoms with Gasteiger partial charge in [0.15, 0.2) is 0 Å². The van der Waals surface area contributed by atoms with Gasteiger partial charge < -0.3 is 19.2 Å². The number of likely N-dealkylation sites (tertiary alicyclic amines) is 1. The summed E-state index contributed by atoms with van der Waals surface area (Å²) in [5, 5.41) is 3.11. The summed E-state index contributed by atoms with van der Waals surface area (Å²) in [6.45, 7) is 6.79. The predicted molar refractivity (Wildman–Crippen MR) is 97.6 cm³/mol. The molecule has 1 N–H and O–H groups in total. The standard InChI is InChI=1S/C18H28N6O2/c1-13(2)24-12-19-7-14(24)8-23-9-15(18-20-5-6-22(18)3)16(10-23)21-17(25)11-26-4/h5-7,12-13,15-16H,8-11H2,1-4H3,(H,21,25)/t15-,16-/m1/s1. The minimum absolute atomic E-state index is 0.00849. The molecule has 0 aromatic carbocycles. The van der Waals surface area contributed by atoms with Crippen molar-refractivity contribution >= 4 is 5.91 Å². The van der Waals surface area contributed by atoms with E-state index in [1.54, 1.807) is 6.20 Å². The molecule has 2 aromatic heterocycles. The number of ether oxygens (including phenoxy) is 1. The molecule has 8 heteroatoms.